The first kappa shape index (κ1) is 20.8. The van der Waals surface area contributed by atoms with Crippen LogP contribution in [0.4, 0.5) is 0 Å². The third kappa shape index (κ3) is 4.55. The first-order chi connectivity index (χ1) is 12.7. The summed E-state index contributed by atoms with van der Waals surface area (Å²) in [5, 5.41) is 0. The fraction of sp³-hybridized carbons (Fsp3) is 0.684. The molecule has 2 unspecified atom stereocenters. The minimum atomic E-state index is -3.63. The molecule has 0 aromatic heterocycles. The molecule has 2 atom stereocenters. The van der Waals surface area contributed by atoms with Crippen LogP contribution < -0.4 is 4.72 Å². The van der Waals surface area contributed by atoms with Crippen LogP contribution in [0.1, 0.15) is 65.2 Å². The maximum absolute atomic E-state index is 13.0. The van der Waals surface area contributed by atoms with E-state index in [1.165, 1.54) is 24.3 Å². The fourth-order valence-electron chi connectivity index (χ4n) is 4.29. The normalized spacial score (nSPS) is 26.1. The van der Waals surface area contributed by atoms with Crippen LogP contribution in [0.2, 0.25) is 0 Å². The molecule has 0 bridgehead atoms. The average Bonchev–Trinajstić information content (AvgIpc) is 2.62. The number of rotatable bonds is 5. The Morgan fingerprint density at radius 3 is 1.85 bits per heavy atom. The van der Waals surface area contributed by atoms with Crippen molar-refractivity contribution in [1.82, 2.24) is 9.03 Å². The second-order valence-corrected chi connectivity index (χ2v) is 11.4. The third-order valence-electron chi connectivity index (χ3n) is 5.75. The summed E-state index contributed by atoms with van der Waals surface area (Å²) in [7, 11) is -7.26. The van der Waals surface area contributed by atoms with Crippen LogP contribution in [0.5, 0.6) is 0 Å². The molecule has 2 fully saturated rings. The van der Waals surface area contributed by atoms with Crippen molar-refractivity contribution in [2.75, 3.05) is 0 Å². The van der Waals surface area contributed by atoms with Gasteiger partial charge in [0.05, 0.1) is 9.79 Å². The molecule has 0 amide bonds. The largest absolute Gasteiger partial charge is 0.243 e. The van der Waals surface area contributed by atoms with Gasteiger partial charge in [-0.15, -0.1) is 0 Å². The van der Waals surface area contributed by atoms with Gasteiger partial charge in [-0.1, -0.05) is 25.7 Å². The highest BCUT2D eigenvalue weighted by Gasteiger charge is 2.35. The number of piperidine rings is 1. The van der Waals surface area contributed by atoms with Crippen LogP contribution in [-0.2, 0) is 20.0 Å². The summed E-state index contributed by atoms with van der Waals surface area (Å²) < 4.78 is 55.6. The van der Waals surface area contributed by atoms with Crippen molar-refractivity contribution in [3.05, 3.63) is 24.3 Å². The molecular weight excluding hydrogens is 384 g/mol. The van der Waals surface area contributed by atoms with Gasteiger partial charge in [-0.25, -0.2) is 21.6 Å². The van der Waals surface area contributed by atoms with Crippen LogP contribution in [0.3, 0.4) is 0 Å². The van der Waals surface area contributed by atoms with Gasteiger partial charge in [0.2, 0.25) is 20.0 Å². The van der Waals surface area contributed by atoms with E-state index in [4.69, 9.17) is 0 Å². The second-order valence-electron chi connectivity index (χ2n) is 7.89. The van der Waals surface area contributed by atoms with Gasteiger partial charge in [0, 0.05) is 18.1 Å². The van der Waals surface area contributed by atoms with Crippen molar-refractivity contribution < 1.29 is 16.8 Å². The van der Waals surface area contributed by atoms with Crippen molar-refractivity contribution >= 4 is 20.0 Å². The third-order valence-corrected chi connectivity index (χ3v) is 9.43. The highest BCUT2D eigenvalue weighted by Crippen LogP contribution is 2.30. The predicted molar refractivity (Wildman–Crippen MR) is 105 cm³/mol. The van der Waals surface area contributed by atoms with Crippen LogP contribution in [0.25, 0.3) is 0 Å². The van der Waals surface area contributed by atoms with Crippen LogP contribution in [-0.4, -0.2) is 39.3 Å². The summed E-state index contributed by atoms with van der Waals surface area (Å²) in [6, 6.07) is 5.51. The molecule has 1 saturated carbocycles. The summed E-state index contributed by atoms with van der Waals surface area (Å²) in [6.07, 6.45) is 7.67. The Morgan fingerprint density at radius 1 is 0.778 bits per heavy atom. The van der Waals surface area contributed by atoms with Gasteiger partial charge in [-0.3, -0.25) is 0 Å². The molecule has 1 aliphatic heterocycles. The van der Waals surface area contributed by atoms with E-state index < -0.39 is 20.0 Å². The Morgan fingerprint density at radius 2 is 1.30 bits per heavy atom. The molecule has 1 aromatic carbocycles. The Labute approximate surface area is 163 Å². The summed E-state index contributed by atoms with van der Waals surface area (Å²) in [5.41, 5.74) is 0. The van der Waals surface area contributed by atoms with Gasteiger partial charge in [0.25, 0.3) is 0 Å². The van der Waals surface area contributed by atoms with Crippen LogP contribution in [0.15, 0.2) is 34.1 Å². The van der Waals surface area contributed by atoms with E-state index in [-0.39, 0.29) is 27.9 Å². The Hall–Kier alpha value is -0.960. The van der Waals surface area contributed by atoms with E-state index in [2.05, 4.69) is 4.72 Å². The van der Waals surface area contributed by atoms with E-state index in [9.17, 15) is 16.8 Å². The molecule has 1 aliphatic carbocycles. The lowest BCUT2D eigenvalue weighted by Crippen LogP contribution is -2.47. The molecule has 0 spiro atoms. The maximum Gasteiger partial charge on any atom is 0.243 e. The molecule has 1 aromatic rings. The number of benzene rings is 1. The molecule has 27 heavy (non-hydrogen) atoms. The van der Waals surface area contributed by atoms with E-state index in [0.29, 0.717) is 0 Å². The molecular formula is C19H30N2O4S2. The van der Waals surface area contributed by atoms with Gasteiger partial charge in [-0.2, -0.15) is 4.31 Å². The Balaban J connectivity index is 1.79. The SMILES string of the molecule is CC1CCCC(C)N1S(=O)(=O)c1ccc(S(=O)(=O)NC2CCCCC2)cc1. The van der Waals surface area contributed by atoms with Gasteiger partial charge < -0.3 is 0 Å². The Bertz CT molecular complexity index is 834. The van der Waals surface area contributed by atoms with Gasteiger partial charge in [-0.05, 0) is 63.8 Å². The van der Waals surface area contributed by atoms with E-state index in [0.717, 1.165) is 51.4 Å². The van der Waals surface area contributed by atoms with Crippen molar-refractivity contribution in [3.8, 4) is 0 Å². The van der Waals surface area contributed by atoms with E-state index in [1.807, 2.05) is 13.8 Å². The summed E-state index contributed by atoms with van der Waals surface area (Å²) in [6.45, 7) is 3.86. The molecule has 6 nitrogen and oxygen atoms in total. The topological polar surface area (TPSA) is 83.6 Å². The summed E-state index contributed by atoms with van der Waals surface area (Å²) in [5.74, 6) is 0. The second kappa shape index (κ2) is 8.19. The average molecular weight is 415 g/mol. The monoisotopic (exact) mass is 414 g/mol. The molecule has 1 N–H and O–H groups in total. The van der Waals surface area contributed by atoms with Crippen molar-refractivity contribution in [2.24, 2.45) is 0 Å². The highest BCUT2D eigenvalue weighted by atomic mass is 32.2. The molecule has 1 saturated heterocycles. The molecule has 3 rings (SSSR count). The summed E-state index contributed by atoms with van der Waals surface area (Å²) >= 11 is 0. The van der Waals surface area contributed by atoms with Crippen molar-refractivity contribution in [2.45, 2.75) is 93.1 Å². The maximum atomic E-state index is 13.0. The molecule has 8 heteroatoms. The molecule has 1 heterocycles. The Kier molecular flexibility index (Phi) is 6.30. The smallest absolute Gasteiger partial charge is 0.208 e. The van der Waals surface area contributed by atoms with Crippen molar-refractivity contribution in [3.63, 3.8) is 0 Å². The zero-order valence-corrected chi connectivity index (χ0v) is 17.7. The van der Waals surface area contributed by atoms with E-state index in [1.54, 1.807) is 4.31 Å². The fourth-order valence-corrected chi connectivity index (χ4v) is 7.48. The highest BCUT2D eigenvalue weighted by molar-refractivity contribution is 7.89. The quantitative estimate of drug-likeness (QED) is 0.802. The lowest BCUT2D eigenvalue weighted by atomic mass is 9.96. The zero-order chi connectivity index (χ0) is 19.7. The van der Waals surface area contributed by atoms with Gasteiger partial charge in [0.1, 0.15) is 0 Å². The number of hydrogen-bond donors (Lipinski definition) is 1. The zero-order valence-electron chi connectivity index (χ0n) is 16.1. The van der Waals surface area contributed by atoms with Gasteiger partial charge >= 0.3 is 0 Å². The van der Waals surface area contributed by atoms with Gasteiger partial charge in [0.15, 0.2) is 0 Å². The predicted octanol–water partition coefficient (Wildman–Crippen LogP) is 3.25. The number of hydrogen-bond acceptors (Lipinski definition) is 4. The van der Waals surface area contributed by atoms with Crippen LogP contribution in [0, 0.1) is 0 Å². The minimum Gasteiger partial charge on any atom is -0.208 e. The summed E-state index contributed by atoms with van der Waals surface area (Å²) in [4.78, 5) is 0.270. The standard InChI is InChI=1S/C19H30N2O4S2/c1-15-7-6-8-16(2)21(15)27(24,25)19-13-11-18(12-14-19)26(22,23)20-17-9-4-3-5-10-17/h11-17,20H,3-10H2,1-2H3. The molecule has 2 aliphatic rings. The van der Waals surface area contributed by atoms with E-state index >= 15 is 0 Å². The molecule has 0 radical (unpaired) electrons. The lowest BCUT2D eigenvalue weighted by Gasteiger charge is -2.37. The van der Waals surface area contributed by atoms with Crippen LogP contribution >= 0.6 is 0 Å². The molecule has 152 valence electrons. The minimum absolute atomic E-state index is 0.0257. The number of nitrogens with zero attached hydrogens (tertiary/aromatic N) is 1. The first-order valence-corrected chi connectivity index (χ1v) is 12.8. The number of nitrogens with one attached hydrogen (secondary N) is 1. The lowest BCUT2D eigenvalue weighted by molar-refractivity contribution is 0.204. The first-order valence-electron chi connectivity index (χ1n) is 9.88. The number of sulfonamides is 2. The van der Waals surface area contributed by atoms with Crippen molar-refractivity contribution in [1.29, 1.82) is 0 Å².